The summed E-state index contributed by atoms with van der Waals surface area (Å²) in [5.74, 6) is 0.417. The van der Waals surface area contributed by atoms with E-state index in [1.54, 1.807) is 41.4 Å². The first-order valence-corrected chi connectivity index (χ1v) is 12.1. The number of likely N-dealkylation sites (tertiary alicyclic amines) is 1. The summed E-state index contributed by atoms with van der Waals surface area (Å²) in [7, 11) is 0. The third-order valence-corrected chi connectivity index (χ3v) is 6.63. The van der Waals surface area contributed by atoms with Crippen molar-refractivity contribution in [2.24, 2.45) is 0 Å². The minimum atomic E-state index is -4.56. The highest BCUT2D eigenvalue weighted by Crippen LogP contribution is 2.38. The van der Waals surface area contributed by atoms with Crippen LogP contribution in [0, 0.1) is 18.3 Å². The highest BCUT2D eigenvalue weighted by molar-refractivity contribution is 8.00. The monoisotopic (exact) mass is 532 g/mol. The van der Waals surface area contributed by atoms with Crippen LogP contribution in [0.15, 0.2) is 59.6 Å². The van der Waals surface area contributed by atoms with Crippen molar-refractivity contribution in [3.8, 4) is 17.7 Å². The second kappa shape index (κ2) is 10.7. The number of ether oxygens (including phenoxy) is 1. The van der Waals surface area contributed by atoms with Gasteiger partial charge < -0.3 is 14.4 Å². The van der Waals surface area contributed by atoms with Crippen molar-refractivity contribution >= 4 is 35.1 Å². The third-order valence-electron chi connectivity index (χ3n) is 5.49. The standard InChI is InChI=1S/C25H20ClF3N4O2S/c1-15-11-22(32-36-19-8-9-21(26)20(12-19)25(27,28)29)23(31-14-15)35-18-6-4-16(5-7-18)24(34)33-10-2-3-17(33)13-30/h4-9,11-12,14,17,32H,2-3,10H2,1H3. The number of benzene rings is 2. The van der Waals surface area contributed by atoms with Gasteiger partial charge in [-0.3, -0.25) is 4.79 Å². The van der Waals surface area contributed by atoms with Gasteiger partial charge >= 0.3 is 6.18 Å². The van der Waals surface area contributed by atoms with Gasteiger partial charge in [0.15, 0.2) is 0 Å². The highest BCUT2D eigenvalue weighted by Gasteiger charge is 2.33. The quantitative estimate of drug-likeness (QED) is 0.341. The Hall–Kier alpha value is -3.42. The van der Waals surface area contributed by atoms with E-state index in [-0.39, 0.29) is 16.8 Å². The van der Waals surface area contributed by atoms with E-state index < -0.39 is 17.8 Å². The zero-order valence-electron chi connectivity index (χ0n) is 19.0. The van der Waals surface area contributed by atoms with E-state index in [1.165, 1.54) is 12.1 Å². The predicted octanol–water partition coefficient (Wildman–Crippen LogP) is 7.10. The van der Waals surface area contributed by atoms with Gasteiger partial charge in [0.25, 0.3) is 5.91 Å². The van der Waals surface area contributed by atoms with Crippen LogP contribution in [0.5, 0.6) is 11.6 Å². The largest absolute Gasteiger partial charge is 0.437 e. The van der Waals surface area contributed by atoms with Crippen LogP contribution in [-0.4, -0.2) is 28.4 Å². The number of alkyl halides is 3. The minimum absolute atomic E-state index is 0.209. The van der Waals surface area contributed by atoms with E-state index >= 15 is 0 Å². The fourth-order valence-corrected chi connectivity index (χ4v) is 4.61. The maximum absolute atomic E-state index is 13.2. The zero-order chi connectivity index (χ0) is 25.9. The van der Waals surface area contributed by atoms with Gasteiger partial charge in [0, 0.05) is 23.2 Å². The molecule has 0 bridgehead atoms. The van der Waals surface area contributed by atoms with Crippen LogP contribution < -0.4 is 9.46 Å². The Bertz CT molecular complexity index is 1310. The topological polar surface area (TPSA) is 78.2 Å². The predicted molar refractivity (Wildman–Crippen MR) is 131 cm³/mol. The first-order chi connectivity index (χ1) is 17.2. The molecule has 1 N–H and O–H groups in total. The fraction of sp³-hybridized carbons (Fsp3) is 0.240. The SMILES string of the molecule is Cc1cnc(Oc2ccc(C(=O)N3CCCC3C#N)cc2)c(NSc2ccc(Cl)c(C(F)(F)F)c2)c1. The number of hydrogen-bond acceptors (Lipinski definition) is 6. The fourth-order valence-electron chi connectivity index (χ4n) is 3.70. The average molecular weight is 533 g/mol. The second-order valence-electron chi connectivity index (χ2n) is 8.12. The third kappa shape index (κ3) is 5.86. The minimum Gasteiger partial charge on any atom is -0.437 e. The van der Waals surface area contributed by atoms with E-state index in [4.69, 9.17) is 16.3 Å². The number of rotatable bonds is 6. The van der Waals surface area contributed by atoms with E-state index in [2.05, 4.69) is 15.8 Å². The van der Waals surface area contributed by atoms with E-state index in [1.807, 2.05) is 6.92 Å². The Labute approximate surface area is 215 Å². The number of carbonyl (C=O) groups is 1. The molecule has 2 heterocycles. The molecule has 1 atom stereocenters. The molecule has 186 valence electrons. The molecule has 1 saturated heterocycles. The molecular weight excluding hydrogens is 513 g/mol. The molecule has 0 aliphatic carbocycles. The molecule has 1 unspecified atom stereocenters. The van der Waals surface area contributed by atoms with Gasteiger partial charge in [-0.15, -0.1) is 0 Å². The van der Waals surface area contributed by atoms with E-state index in [9.17, 15) is 23.2 Å². The number of pyridine rings is 1. The lowest BCUT2D eigenvalue weighted by atomic mass is 10.1. The average Bonchev–Trinajstić information content (AvgIpc) is 3.33. The Morgan fingerprint density at radius 1 is 1.25 bits per heavy atom. The Morgan fingerprint density at radius 3 is 2.69 bits per heavy atom. The lowest BCUT2D eigenvalue weighted by Crippen LogP contribution is -2.34. The van der Waals surface area contributed by atoms with Gasteiger partial charge in [-0.05, 0) is 85.8 Å². The summed E-state index contributed by atoms with van der Waals surface area (Å²) in [6.45, 7) is 2.37. The molecule has 3 aromatic rings. The molecule has 6 nitrogen and oxygen atoms in total. The number of nitrogens with zero attached hydrogens (tertiary/aromatic N) is 3. The molecule has 1 fully saturated rings. The molecule has 2 aromatic carbocycles. The molecule has 0 spiro atoms. The smallest absolute Gasteiger partial charge is 0.417 e. The molecule has 11 heteroatoms. The maximum atomic E-state index is 13.2. The second-order valence-corrected chi connectivity index (χ2v) is 9.41. The van der Waals surface area contributed by atoms with Gasteiger partial charge in [0.1, 0.15) is 17.5 Å². The van der Waals surface area contributed by atoms with Crippen molar-refractivity contribution in [2.45, 2.75) is 36.9 Å². The summed E-state index contributed by atoms with van der Waals surface area (Å²) in [6, 6.07) is 13.6. The van der Waals surface area contributed by atoms with E-state index in [0.29, 0.717) is 34.9 Å². The molecule has 4 rings (SSSR count). The molecule has 36 heavy (non-hydrogen) atoms. The molecule has 1 aliphatic heterocycles. The lowest BCUT2D eigenvalue weighted by molar-refractivity contribution is -0.137. The van der Waals surface area contributed by atoms with Gasteiger partial charge in [-0.1, -0.05) is 11.6 Å². The van der Waals surface area contributed by atoms with Gasteiger partial charge in [0.2, 0.25) is 5.88 Å². The van der Waals surface area contributed by atoms with Gasteiger partial charge in [0.05, 0.1) is 16.7 Å². The van der Waals surface area contributed by atoms with Gasteiger partial charge in [-0.25, -0.2) is 4.98 Å². The normalized spacial score (nSPS) is 15.4. The van der Waals surface area contributed by atoms with Crippen LogP contribution in [0.2, 0.25) is 5.02 Å². The first kappa shape index (κ1) is 25.7. The summed E-state index contributed by atoms with van der Waals surface area (Å²) in [6.07, 6.45) is -1.50. The van der Waals surface area contributed by atoms with E-state index in [0.717, 1.165) is 30.0 Å². The van der Waals surface area contributed by atoms with Crippen molar-refractivity contribution in [3.63, 3.8) is 0 Å². The van der Waals surface area contributed by atoms with Crippen molar-refractivity contribution < 1.29 is 22.7 Å². The number of aryl methyl sites for hydroxylation is 1. The number of nitriles is 1. The number of anilines is 1. The summed E-state index contributed by atoms with van der Waals surface area (Å²) < 4.78 is 48.4. The summed E-state index contributed by atoms with van der Waals surface area (Å²) in [4.78, 5) is 18.9. The summed E-state index contributed by atoms with van der Waals surface area (Å²) in [5, 5.41) is 8.86. The zero-order valence-corrected chi connectivity index (χ0v) is 20.5. The molecule has 1 amide bonds. The summed E-state index contributed by atoms with van der Waals surface area (Å²) >= 11 is 6.66. The van der Waals surface area contributed by atoms with Crippen molar-refractivity contribution in [1.29, 1.82) is 5.26 Å². The van der Waals surface area contributed by atoms with Crippen molar-refractivity contribution in [2.75, 3.05) is 11.3 Å². The molecule has 1 aliphatic rings. The number of carbonyl (C=O) groups excluding carboxylic acids is 1. The Kier molecular flexibility index (Phi) is 7.62. The van der Waals surface area contributed by atoms with Crippen LogP contribution >= 0.6 is 23.5 Å². The number of halogens is 4. The molecule has 1 aromatic heterocycles. The van der Waals surface area contributed by atoms with Gasteiger partial charge in [-0.2, -0.15) is 18.4 Å². The first-order valence-electron chi connectivity index (χ1n) is 10.9. The van der Waals surface area contributed by atoms with Crippen molar-refractivity contribution in [3.05, 3.63) is 76.4 Å². The maximum Gasteiger partial charge on any atom is 0.417 e. The number of hydrogen-bond donors (Lipinski definition) is 1. The lowest BCUT2D eigenvalue weighted by Gasteiger charge is -2.19. The van der Waals surface area contributed by atoms with Crippen LogP contribution in [0.4, 0.5) is 18.9 Å². The Balaban J connectivity index is 1.48. The highest BCUT2D eigenvalue weighted by atomic mass is 35.5. The molecule has 0 saturated carbocycles. The molecular formula is C25H20ClF3N4O2S. The number of nitrogens with one attached hydrogen (secondary N) is 1. The molecule has 0 radical (unpaired) electrons. The van der Waals surface area contributed by atoms with Crippen LogP contribution in [0.3, 0.4) is 0 Å². The van der Waals surface area contributed by atoms with Crippen LogP contribution in [0.25, 0.3) is 0 Å². The Morgan fingerprint density at radius 2 is 2.00 bits per heavy atom. The summed E-state index contributed by atoms with van der Waals surface area (Å²) in [5.41, 5.74) is 0.798. The number of aromatic nitrogens is 1. The van der Waals surface area contributed by atoms with Crippen LogP contribution in [-0.2, 0) is 6.18 Å². The van der Waals surface area contributed by atoms with Crippen molar-refractivity contribution in [1.82, 2.24) is 9.88 Å². The number of amides is 1. The van der Waals surface area contributed by atoms with Crippen LogP contribution in [0.1, 0.15) is 34.3 Å².